The molecule has 1 saturated carbocycles. The summed E-state index contributed by atoms with van der Waals surface area (Å²) in [5.74, 6) is -0.192. The molecule has 110 valence electrons. The third-order valence-corrected chi connectivity index (χ3v) is 2.65. The molecule has 0 unspecified atom stereocenters. The molecule has 1 rings (SSSR count). The van der Waals surface area contributed by atoms with Gasteiger partial charge in [-0.3, -0.25) is 4.79 Å². The molecule has 0 saturated heterocycles. The predicted octanol–water partition coefficient (Wildman–Crippen LogP) is 0.215. The molecule has 0 atom stereocenters. The highest BCUT2D eigenvalue weighted by atomic mass is 16.6. The zero-order valence-electron chi connectivity index (χ0n) is 11.6. The standard InChI is InChI=1S/C13H24N2O4/c1-2-19-13(17)10-18-9-8-14-7-3-4-12(16)15-11-5-6-11/h11,14H,2-10H2,1H3,(H,15,16). The first-order valence-electron chi connectivity index (χ1n) is 6.95. The van der Waals surface area contributed by atoms with Gasteiger partial charge in [0.25, 0.3) is 0 Å². The van der Waals surface area contributed by atoms with Crippen molar-refractivity contribution in [3.8, 4) is 0 Å². The summed E-state index contributed by atoms with van der Waals surface area (Å²) in [5, 5.41) is 6.10. The molecule has 2 N–H and O–H groups in total. The molecule has 0 aromatic carbocycles. The molecular formula is C13H24N2O4. The summed E-state index contributed by atoms with van der Waals surface area (Å²) in [4.78, 5) is 22.3. The SMILES string of the molecule is CCOC(=O)COCCNCCCC(=O)NC1CC1. The Kier molecular flexibility index (Phi) is 8.16. The van der Waals surface area contributed by atoms with Gasteiger partial charge in [0, 0.05) is 19.0 Å². The summed E-state index contributed by atoms with van der Waals surface area (Å²) in [6, 6.07) is 0.441. The van der Waals surface area contributed by atoms with Gasteiger partial charge >= 0.3 is 5.97 Å². The van der Waals surface area contributed by atoms with Gasteiger partial charge in [-0.05, 0) is 32.7 Å². The Hall–Kier alpha value is -1.14. The van der Waals surface area contributed by atoms with Gasteiger partial charge in [0.15, 0.2) is 0 Å². The van der Waals surface area contributed by atoms with Crippen molar-refractivity contribution >= 4 is 11.9 Å². The van der Waals surface area contributed by atoms with Crippen molar-refractivity contribution in [1.29, 1.82) is 0 Å². The van der Waals surface area contributed by atoms with Crippen molar-refractivity contribution in [2.75, 3.05) is 32.9 Å². The van der Waals surface area contributed by atoms with E-state index < -0.39 is 0 Å². The molecule has 0 aliphatic heterocycles. The second-order valence-corrected chi connectivity index (χ2v) is 4.55. The first kappa shape index (κ1) is 15.9. The largest absolute Gasteiger partial charge is 0.464 e. The highest BCUT2D eigenvalue weighted by molar-refractivity contribution is 5.76. The maximum absolute atomic E-state index is 11.4. The van der Waals surface area contributed by atoms with Crippen LogP contribution in [-0.2, 0) is 19.1 Å². The summed E-state index contributed by atoms with van der Waals surface area (Å²) < 4.78 is 9.84. The molecule has 1 amide bonds. The van der Waals surface area contributed by atoms with Crippen LogP contribution in [0.1, 0.15) is 32.6 Å². The average molecular weight is 272 g/mol. The fourth-order valence-corrected chi connectivity index (χ4v) is 1.53. The second-order valence-electron chi connectivity index (χ2n) is 4.55. The third kappa shape index (κ3) is 9.44. The Labute approximate surface area is 114 Å². The van der Waals surface area contributed by atoms with Crippen molar-refractivity contribution in [3.63, 3.8) is 0 Å². The summed E-state index contributed by atoms with van der Waals surface area (Å²) in [6.45, 7) is 4.05. The molecule has 0 heterocycles. The number of ether oxygens (including phenoxy) is 2. The van der Waals surface area contributed by atoms with Crippen LogP contribution in [0.25, 0.3) is 0 Å². The number of hydrogen-bond acceptors (Lipinski definition) is 5. The number of carbonyl (C=O) groups excluding carboxylic acids is 2. The van der Waals surface area contributed by atoms with Crippen molar-refractivity contribution in [1.82, 2.24) is 10.6 Å². The predicted molar refractivity (Wildman–Crippen MR) is 70.7 cm³/mol. The van der Waals surface area contributed by atoms with Crippen LogP contribution in [0.3, 0.4) is 0 Å². The van der Waals surface area contributed by atoms with Crippen LogP contribution < -0.4 is 10.6 Å². The van der Waals surface area contributed by atoms with E-state index in [4.69, 9.17) is 9.47 Å². The van der Waals surface area contributed by atoms with Gasteiger partial charge in [-0.15, -0.1) is 0 Å². The molecule has 1 aliphatic carbocycles. The Morgan fingerprint density at radius 3 is 2.74 bits per heavy atom. The summed E-state index contributed by atoms with van der Waals surface area (Å²) >= 11 is 0. The van der Waals surface area contributed by atoms with Crippen LogP contribution in [-0.4, -0.2) is 50.8 Å². The highest BCUT2D eigenvalue weighted by Crippen LogP contribution is 2.18. The number of nitrogens with one attached hydrogen (secondary N) is 2. The van der Waals surface area contributed by atoms with Crippen molar-refractivity contribution < 1.29 is 19.1 Å². The van der Waals surface area contributed by atoms with Gasteiger partial charge < -0.3 is 20.1 Å². The van der Waals surface area contributed by atoms with Crippen LogP contribution in [0.4, 0.5) is 0 Å². The fraction of sp³-hybridized carbons (Fsp3) is 0.846. The van der Waals surface area contributed by atoms with Gasteiger partial charge in [-0.2, -0.15) is 0 Å². The summed E-state index contributed by atoms with van der Waals surface area (Å²) in [6.07, 6.45) is 3.63. The van der Waals surface area contributed by atoms with Gasteiger partial charge in [0.05, 0.1) is 13.2 Å². The molecule has 6 heteroatoms. The number of amides is 1. The monoisotopic (exact) mass is 272 g/mol. The van der Waals surface area contributed by atoms with E-state index in [9.17, 15) is 9.59 Å². The van der Waals surface area contributed by atoms with E-state index in [1.165, 1.54) is 0 Å². The number of esters is 1. The normalized spacial score (nSPS) is 14.2. The molecule has 0 radical (unpaired) electrons. The Balaban J connectivity index is 1.77. The Bertz CT molecular complexity index is 280. The van der Waals surface area contributed by atoms with Crippen molar-refractivity contribution in [2.45, 2.75) is 38.6 Å². The number of carbonyl (C=O) groups is 2. The quantitative estimate of drug-likeness (QED) is 0.415. The van der Waals surface area contributed by atoms with Crippen molar-refractivity contribution in [3.05, 3.63) is 0 Å². The van der Waals surface area contributed by atoms with Crippen LogP contribution in [0.2, 0.25) is 0 Å². The number of hydrogen-bond donors (Lipinski definition) is 2. The molecule has 1 fully saturated rings. The summed E-state index contributed by atoms with van der Waals surface area (Å²) in [7, 11) is 0. The first-order valence-corrected chi connectivity index (χ1v) is 6.95. The minimum atomic E-state index is -0.334. The van der Waals surface area contributed by atoms with Crippen LogP contribution in [0.5, 0.6) is 0 Å². The molecule has 0 bridgehead atoms. The van der Waals surface area contributed by atoms with Crippen LogP contribution >= 0.6 is 0 Å². The van der Waals surface area contributed by atoms with E-state index in [2.05, 4.69) is 10.6 Å². The minimum absolute atomic E-state index is 0.000680. The van der Waals surface area contributed by atoms with Gasteiger partial charge in [-0.1, -0.05) is 0 Å². The van der Waals surface area contributed by atoms with E-state index >= 15 is 0 Å². The van der Waals surface area contributed by atoms with Gasteiger partial charge in [-0.25, -0.2) is 4.79 Å². The molecule has 0 aromatic heterocycles. The first-order chi connectivity index (χ1) is 9.22. The van der Waals surface area contributed by atoms with Gasteiger partial charge in [0.2, 0.25) is 5.91 Å². The van der Waals surface area contributed by atoms with E-state index in [0.29, 0.717) is 32.2 Å². The lowest BCUT2D eigenvalue weighted by molar-refractivity contribution is -0.148. The molecule has 6 nitrogen and oxygen atoms in total. The fourth-order valence-electron chi connectivity index (χ4n) is 1.53. The highest BCUT2D eigenvalue weighted by Gasteiger charge is 2.22. The molecular weight excluding hydrogens is 248 g/mol. The molecule has 0 aromatic rings. The van der Waals surface area contributed by atoms with Gasteiger partial charge in [0.1, 0.15) is 6.61 Å². The Morgan fingerprint density at radius 2 is 2.05 bits per heavy atom. The van der Waals surface area contributed by atoms with Crippen LogP contribution in [0.15, 0.2) is 0 Å². The minimum Gasteiger partial charge on any atom is -0.464 e. The summed E-state index contributed by atoms with van der Waals surface area (Å²) in [5.41, 5.74) is 0. The lowest BCUT2D eigenvalue weighted by atomic mass is 10.3. The molecule has 1 aliphatic rings. The topological polar surface area (TPSA) is 76.7 Å². The lowest BCUT2D eigenvalue weighted by Gasteiger charge is -2.06. The average Bonchev–Trinajstić information content (AvgIpc) is 3.16. The molecule has 0 spiro atoms. The smallest absolute Gasteiger partial charge is 0.332 e. The maximum atomic E-state index is 11.4. The van der Waals surface area contributed by atoms with E-state index in [-0.39, 0.29) is 18.5 Å². The van der Waals surface area contributed by atoms with Crippen molar-refractivity contribution in [2.24, 2.45) is 0 Å². The number of rotatable bonds is 11. The van der Waals surface area contributed by atoms with E-state index in [1.54, 1.807) is 6.92 Å². The maximum Gasteiger partial charge on any atom is 0.332 e. The Morgan fingerprint density at radius 1 is 1.26 bits per heavy atom. The van der Waals surface area contributed by atoms with E-state index in [0.717, 1.165) is 25.8 Å². The third-order valence-electron chi connectivity index (χ3n) is 2.65. The second kappa shape index (κ2) is 9.75. The lowest BCUT2D eigenvalue weighted by Crippen LogP contribution is -2.27. The van der Waals surface area contributed by atoms with Crippen LogP contribution in [0, 0.1) is 0 Å². The zero-order valence-corrected chi connectivity index (χ0v) is 11.6. The molecule has 19 heavy (non-hydrogen) atoms. The van der Waals surface area contributed by atoms with E-state index in [1.807, 2.05) is 0 Å². The zero-order chi connectivity index (χ0) is 13.9.